The van der Waals surface area contributed by atoms with Crippen molar-refractivity contribution in [2.24, 2.45) is 0 Å². The Morgan fingerprint density at radius 3 is 2.79 bits per heavy atom. The Bertz CT molecular complexity index is 556. The third kappa shape index (κ3) is 3.55. The summed E-state index contributed by atoms with van der Waals surface area (Å²) in [5.41, 5.74) is 2.36. The fraction of sp³-hybridized carbons (Fsp3) is 0.357. The van der Waals surface area contributed by atoms with Crippen molar-refractivity contribution in [1.29, 1.82) is 0 Å². The largest absolute Gasteiger partial charge is 0.496 e. The van der Waals surface area contributed by atoms with Gasteiger partial charge in [-0.05, 0) is 47.6 Å². The number of nitrogens with zero attached hydrogens (tertiary/aromatic N) is 1. The molecule has 2 rings (SSSR count). The van der Waals surface area contributed by atoms with Crippen molar-refractivity contribution in [2.45, 2.75) is 19.4 Å². The van der Waals surface area contributed by atoms with Gasteiger partial charge >= 0.3 is 0 Å². The zero-order chi connectivity index (χ0) is 13.8. The summed E-state index contributed by atoms with van der Waals surface area (Å²) in [5.74, 6) is 0.850. The average Bonchev–Trinajstić information content (AvgIpc) is 2.81. The summed E-state index contributed by atoms with van der Waals surface area (Å²) < 4.78 is 6.23. The molecule has 0 amide bonds. The van der Waals surface area contributed by atoms with Gasteiger partial charge in [0.2, 0.25) is 0 Å². The molecule has 0 spiro atoms. The maximum Gasteiger partial charge on any atom is 0.133 e. The van der Waals surface area contributed by atoms with Gasteiger partial charge in [0.25, 0.3) is 0 Å². The topological polar surface area (TPSA) is 34.2 Å². The molecule has 1 atom stereocenters. The van der Waals surface area contributed by atoms with Gasteiger partial charge in [-0.1, -0.05) is 6.07 Å². The first-order valence-corrected chi connectivity index (χ1v) is 7.73. The number of likely N-dealkylation sites (N-methyl/N-ethyl adjacent to an activating group) is 1. The average molecular weight is 341 g/mol. The monoisotopic (exact) mass is 340 g/mol. The smallest absolute Gasteiger partial charge is 0.133 e. The second-order valence-electron chi connectivity index (χ2n) is 4.30. The Morgan fingerprint density at radius 1 is 1.47 bits per heavy atom. The van der Waals surface area contributed by atoms with Gasteiger partial charge in [-0.15, -0.1) is 11.3 Å². The minimum Gasteiger partial charge on any atom is -0.496 e. The van der Waals surface area contributed by atoms with Crippen LogP contribution in [0.1, 0.15) is 22.3 Å². The zero-order valence-corrected chi connectivity index (χ0v) is 13.6. The molecule has 1 aromatic heterocycles. The SMILES string of the molecule is CNC(Cc1csc(C)n1)c1ccc(OC)c(Br)c1. The highest BCUT2D eigenvalue weighted by atomic mass is 79.9. The number of thiazole rings is 1. The first-order chi connectivity index (χ1) is 9.13. The van der Waals surface area contributed by atoms with E-state index in [2.05, 4.69) is 43.7 Å². The number of methoxy groups -OCH3 is 1. The van der Waals surface area contributed by atoms with Gasteiger partial charge < -0.3 is 10.1 Å². The molecule has 0 saturated heterocycles. The fourth-order valence-electron chi connectivity index (χ4n) is 2.00. The Hall–Kier alpha value is -0.910. The van der Waals surface area contributed by atoms with E-state index in [1.165, 1.54) is 5.56 Å². The van der Waals surface area contributed by atoms with Crippen LogP contribution in [-0.2, 0) is 6.42 Å². The Labute approximate surface area is 126 Å². The minimum atomic E-state index is 0.253. The number of ether oxygens (including phenoxy) is 1. The molecule has 0 aliphatic carbocycles. The van der Waals surface area contributed by atoms with E-state index in [0.29, 0.717) is 0 Å². The van der Waals surface area contributed by atoms with Crippen LogP contribution in [0.25, 0.3) is 0 Å². The number of benzene rings is 1. The molecule has 0 fully saturated rings. The molecule has 1 N–H and O–H groups in total. The van der Waals surface area contributed by atoms with Crippen LogP contribution in [0.4, 0.5) is 0 Å². The summed E-state index contributed by atoms with van der Waals surface area (Å²) >= 11 is 5.22. The highest BCUT2D eigenvalue weighted by Gasteiger charge is 2.13. The van der Waals surface area contributed by atoms with Crippen LogP contribution in [0, 0.1) is 6.92 Å². The maximum atomic E-state index is 5.26. The molecule has 0 aliphatic heterocycles. The van der Waals surface area contributed by atoms with E-state index in [1.54, 1.807) is 18.4 Å². The Balaban J connectivity index is 2.19. The summed E-state index contributed by atoms with van der Waals surface area (Å²) in [7, 11) is 3.65. The van der Waals surface area contributed by atoms with E-state index in [-0.39, 0.29) is 6.04 Å². The molecular formula is C14H17BrN2OS. The van der Waals surface area contributed by atoms with Crippen LogP contribution >= 0.6 is 27.3 Å². The van der Waals surface area contributed by atoms with Gasteiger partial charge in [0.05, 0.1) is 22.3 Å². The van der Waals surface area contributed by atoms with Crippen molar-refractivity contribution in [3.63, 3.8) is 0 Å². The number of hydrogen-bond donors (Lipinski definition) is 1. The van der Waals surface area contributed by atoms with Gasteiger partial charge in [0.15, 0.2) is 0 Å². The van der Waals surface area contributed by atoms with E-state index < -0.39 is 0 Å². The molecule has 1 heterocycles. The van der Waals surface area contributed by atoms with Gasteiger partial charge in [-0.2, -0.15) is 0 Å². The zero-order valence-electron chi connectivity index (χ0n) is 11.2. The van der Waals surface area contributed by atoms with E-state index >= 15 is 0 Å². The minimum absolute atomic E-state index is 0.253. The van der Waals surface area contributed by atoms with Crippen LogP contribution < -0.4 is 10.1 Å². The quantitative estimate of drug-likeness (QED) is 0.900. The summed E-state index contributed by atoms with van der Waals surface area (Å²) in [6.07, 6.45) is 0.889. The molecule has 1 aromatic carbocycles. The summed E-state index contributed by atoms with van der Waals surface area (Å²) in [5, 5.41) is 6.58. The van der Waals surface area contributed by atoms with E-state index in [0.717, 1.165) is 27.3 Å². The number of halogens is 1. The molecule has 0 bridgehead atoms. The molecular weight excluding hydrogens is 324 g/mol. The van der Waals surface area contributed by atoms with Crippen LogP contribution in [0.2, 0.25) is 0 Å². The number of aryl methyl sites for hydroxylation is 1. The second-order valence-corrected chi connectivity index (χ2v) is 6.21. The molecule has 19 heavy (non-hydrogen) atoms. The predicted octanol–water partition coefficient (Wildman–Crippen LogP) is 3.73. The van der Waals surface area contributed by atoms with Gasteiger partial charge in [-0.3, -0.25) is 0 Å². The molecule has 0 saturated carbocycles. The summed E-state index contributed by atoms with van der Waals surface area (Å²) in [6.45, 7) is 2.03. The number of aromatic nitrogens is 1. The third-order valence-electron chi connectivity index (χ3n) is 3.01. The number of nitrogens with one attached hydrogen (secondary N) is 1. The van der Waals surface area contributed by atoms with E-state index in [9.17, 15) is 0 Å². The highest BCUT2D eigenvalue weighted by molar-refractivity contribution is 9.10. The predicted molar refractivity (Wildman–Crippen MR) is 83.0 cm³/mol. The van der Waals surface area contributed by atoms with Crippen LogP contribution in [0.3, 0.4) is 0 Å². The van der Waals surface area contributed by atoms with Crippen molar-refractivity contribution < 1.29 is 4.74 Å². The lowest BCUT2D eigenvalue weighted by atomic mass is 10.0. The molecule has 0 radical (unpaired) electrons. The van der Waals surface area contributed by atoms with Crippen LogP contribution in [0.5, 0.6) is 5.75 Å². The van der Waals surface area contributed by atoms with Crippen molar-refractivity contribution >= 4 is 27.3 Å². The van der Waals surface area contributed by atoms with Crippen molar-refractivity contribution in [3.8, 4) is 5.75 Å². The fourth-order valence-corrected chi connectivity index (χ4v) is 3.18. The molecule has 2 aromatic rings. The lowest BCUT2D eigenvalue weighted by molar-refractivity contribution is 0.411. The Morgan fingerprint density at radius 2 is 2.26 bits per heavy atom. The normalized spacial score (nSPS) is 12.4. The number of hydrogen-bond acceptors (Lipinski definition) is 4. The lowest BCUT2D eigenvalue weighted by Gasteiger charge is -2.16. The molecule has 5 heteroatoms. The first kappa shape index (κ1) is 14.5. The lowest BCUT2D eigenvalue weighted by Crippen LogP contribution is -2.19. The molecule has 1 unspecified atom stereocenters. The summed E-state index contributed by atoms with van der Waals surface area (Å²) in [6, 6.07) is 6.42. The van der Waals surface area contributed by atoms with E-state index in [1.807, 2.05) is 20.0 Å². The highest BCUT2D eigenvalue weighted by Crippen LogP contribution is 2.29. The van der Waals surface area contributed by atoms with Crippen molar-refractivity contribution in [1.82, 2.24) is 10.3 Å². The van der Waals surface area contributed by atoms with Crippen molar-refractivity contribution in [3.05, 3.63) is 44.3 Å². The van der Waals surface area contributed by atoms with Crippen LogP contribution in [-0.4, -0.2) is 19.1 Å². The van der Waals surface area contributed by atoms with Gasteiger partial charge in [-0.25, -0.2) is 4.98 Å². The summed E-state index contributed by atoms with van der Waals surface area (Å²) in [4.78, 5) is 4.52. The molecule has 0 aliphatic rings. The van der Waals surface area contributed by atoms with Gasteiger partial charge in [0, 0.05) is 17.8 Å². The second kappa shape index (κ2) is 6.50. The van der Waals surface area contributed by atoms with Crippen LogP contribution in [0.15, 0.2) is 28.1 Å². The molecule has 102 valence electrons. The van der Waals surface area contributed by atoms with Gasteiger partial charge in [0.1, 0.15) is 5.75 Å². The molecule has 3 nitrogen and oxygen atoms in total. The number of rotatable bonds is 5. The Kier molecular flexibility index (Phi) is 4.96. The van der Waals surface area contributed by atoms with Crippen molar-refractivity contribution in [2.75, 3.05) is 14.2 Å². The first-order valence-electron chi connectivity index (χ1n) is 6.05. The maximum absolute atomic E-state index is 5.26. The third-order valence-corrected chi connectivity index (χ3v) is 4.45. The standard InChI is InChI=1S/C14H17BrN2OS/c1-9-17-11(8-19-9)7-13(16-2)10-4-5-14(18-3)12(15)6-10/h4-6,8,13,16H,7H2,1-3H3. The van der Waals surface area contributed by atoms with E-state index in [4.69, 9.17) is 4.74 Å².